The van der Waals surface area contributed by atoms with E-state index in [1.807, 2.05) is 0 Å². The molecule has 2 amide bonds. The summed E-state index contributed by atoms with van der Waals surface area (Å²) >= 11 is 5.79. The first kappa shape index (κ1) is 16.7. The highest BCUT2D eigenvalue weighted by Crippen LogP contribution is 2.10. The lowest BCUT2D eigenvalue weighted by Gasteiger charge is -2.13. The molecule has 1 unspecified atom stereocenters. The van der Waals surface area contributed by atoms with E-state index < -0.39 is 17.9 Å². The third-order valence-corrected chi connectivity index (χ3v) is 3.32. The first-order valence-corrected chi connectivity index (χ1v) is 7.32. The van der Waals surface area contributed by atoms with Gasteiger partial charge >= 0.3 is 0 Å². The molecule has 1 aromatic carbocycles. The SMILES string of the molecule is [NH]C(=O)C(Cc1ccccn1)NC(=O)/C=C/c1ccc(Cl)cc1. The number of hydrogen-bond acceptors (Lipinski definition) is 3. The predicted octanol–water partition coefficient (Wildman–Crippen LogP) is 2.29. The van der Waals surface area contributed by atoms with E-state index in [2.05, 4.69) is 10.3 Å². The van der Waals surface area contributed by atoms with Gasteiger partial charge in [-0.05, 0) is 35.9 Å². The number of amides is 2. The lowest BCUT2D eigenvalue weighted by atomic mass is 10.1. The van der Waals surface area contributed by atoms with Crippen molar-refractivity contribution in [2.45, 2.75) is 12.5 Å². The molecule has 0 bridgehead atoms. The zero-order valence-corrected chi connectivity index (χ0v) is 13.0. The number of benzene rings is 1. The van der Waals surface area contributed by atoms with Gasteiger partial charge in [0.25, 0.3) is 5.91 Å². The van der Waals surface area contributed by atoms with Crippen molar-refractivity contribution < 1.29 is 9.59 Å². The van der Waals surface area contributed by atoms with Gasteiger partial charge in [-0.2, -0.15) is 0 Å². The molecule has 0 saturated heterocycles. The number of halogens is 1. The Hall–Kier alpha value is -2.66. The molecule has 1 atom stereocenters. The molecule has 1 aromatic heterocycles. The number of carbonyl (C=O) groups excluding carboxylic acids is 2. The second-order valence-electron chi connectivity index (χ2n) is 4.84. The molecule has 1 radical (unpaired) electrons. The molecule has 2 aromatic rings. The van der Waals surface area contributed by atoms with E-state index in [4.69, 9.17) is 17.3 Å². The number of rotatable bonds is 6. The van der Waals surface area contributed by atoms with Crippen LogP contribution in [0.4, 0.5) is 0 Å². The fourth-order valence-electron chi connectivity index (χ4n) is 1.90. The van der Waals surface area contributed by atoms with Gasteiger partial charge in [0.2, 0.25) is 5.91 Å². The van der Waals surface area contributed by atoms with Crippen LogP contribution >= 0.6 is 11.6 Å². The van der Waals surface area contributed by atoms with Gasteiger partial charge in [-0.15, -0.1) is 0 Å². The van der Waals surface area contributed by atoms with Gasteiger partial charge < -0.3 is 5.32 Å². The summed E-state index contributed by atoms with van der Waals surface area (Å²) in [7, 11) is 0. The number of aromatic nitrogens is 1. The summed E-state index contributed by atoms with van der Waals surface area (Å²) in [6.45, 7) is 0. The van der Waals surface area contributed by atoms with Crippen molar-refractivity contribution in [1.29, 1.82) is 0 Å². The molecule has 0 spiro atoms. The van der Waals surface area contributed by atoms with Crippen LogP contribution in [-0.4, -0.2) is 22.8 Å². The third-order valence-electron chi connectivity index (χ3n) is 3.07. The molecule has 2 N–H and O–H groups in total. The van der Waals surface area contributed by atoms with E-state index in [-0.39, 0.29) is 6.42 Å². The molecule has 2 rings (SSSR count). The van der Waals surface area contributed by atoms with Crippen LogP contribution in [0.1, 0.15) is 11.3 Å². The largest absolute Gasteiger partial charge is 0.340 e. The van der Waals surface area contributed by atoms with Crippen LogP contribution in [0.3, 0.4) is 0 Å². The van der Waals surface area contributed by atoms with E-state index in [1.54, 1.807) is 54.7 Å². The molecule has 1 heterocycles. The molecule has 0 aliphatic carbocycles. The van der Waals surface area contributed by atoms with Crippen LogP contribution in [0, 0.1) is 0 Å². The molecule has 0 saturated carbocycles. The predicted molar refractivity (Wildman–Crippen MR) is 88.5 cm³/mol. The molecule has 6 heteroatoms. The Morgan fingerprint density at radius 1 is 1.22 bits per heavy atom. The van der Waals surface area contributed by atoms with Crippen LogP contribution in [0.25, 0.3) is 6.08 Å². The zero-order valence-electron chi connectivity index (χ0n) is 12.2. The Kier molecular flexibility index (Phi) is 5.88. The molecular weight excluding hydrogens is 314 g/mol. The van der Waals surface area contributed by atoms with E-state index in [0.29, 0.717) is 10.7 Å². The standard InChI is InChI=1S/C17H15ClN3O2/c18-13-7-4-12(5-8-13)6-9-16(22)21-15(17(19)23)11-14-3-1-2-10-20-14/h1-10,15,19H,11H2,(H,21,22)/b9-6+. The highest BCUT2D eigenvalue weighted by atomic mass is 35.5. The summed E-state index contributed by atoms with van der Waals surface area (Å²) in [5.41, 5.74) is 8.72. The fourth-order valence-corrected chi connectivity index (χ4v) is 2.03. The van der Waals surface area contributed by atoms with Gasteiger partial charge in [0.05, 0.1) is 0 Å². The lowest BCUT2D eigenvalue weighted by Crippen LogP contribution is -2.42. The molecule has 0 fully saturated rings. The van der Waals surface area contributed by atoms with Crippen molar-refractivity contribution in [1.82, 2.24) is 16.0 Å². The molecule has 0 aliphatic rings. The third kappa shape index (κ3) is 5.56. The maximum absolute atomic E-state index is 11.9. The number of nitrogens with one attached hydrogen (secondary N) is 2. The lowest BCUT2D eigenvalue weighted by molar-refractivity contribution is -0.125. The molecule has 0 aliphatic heterocycles. The molecule has 117 valence electrons. The average molecular weight is 329 g/mol. The number of hydrogen-bond donors (Lipinski definition) is 1. The van der Waals surface area contributed by atoms with Crippen molar-refractivity contribution in [3.8, 4) is 0 Å². The minimum Gasteiger partial charge on any atom is -0.340 e. The van der Waals surface area contributed by atoms with Crippen LogP contribution in [0.15, 0.2) is 54.7 Å². The van der Waals surface area contributed by atoms with Gasteiger partial charge in [-0.3, -0.25) is 20.3 Å². The Morgan fingerprint density at radius 3 is 2.57 bits per heavy atom. The van der Waals surface area contributed by atoms with E-state index in [1.165, 1.54) is 6.08 Å². The van der Waals surface area contributed by atoms with Crippen LogP contribution in [0.2, 0.25) is 5.02 Å². The van der Waals surface area contributed by atoms with E-state index >= 15 is 0 Å². The maximum Gasteiger partial charge on any atom is 0.261 e. The van der Waals surface area contributed by atoms with Gasteiger partial charge in [0.15, 0.2) is 0 Å². The maximum atomic E-state index is 11.9. The smallest absolute Gasteiger partial charge is 0.261 e. The normalized spacial score (nSPS) is 12.0. The zero-order chi connectivity index (χ0) is 16.7. The summed E-state index contributed by atoms with van der Waals surface area (Å²) in [5, 5.41) is 3.13. The van der Waals surface area contributed by atoms with Crippen molar-refractivity contribution in [3.05, 3.63) is 71.0 Å². The monoisotopic (exact) mass is 328 g/mol. The topological polar surface area (TPSA) is 82.9 Å². The van der Waals surface area contributed by atoms with Crippen LogP contribution in [-0.2, 0) is 16.0 Å². The second kappa shape index (κ2) is 8.10. The number of pyridine rings is 1. The number of carbonyl (C=O) groups is 2. The Bertz CT molecular complexity index is 700. The summed E-state index contributed by atoms with van der Waals surface area (Å²) in [5.74, 6) is -1.30. The van der Waals surface area contributed by atoms with Crippen LogP contribution in [0.5, 0.6) is 0 Å². The van der Waals surface area contributed by atoms with E-state index in [9.17, 15) is 9.59 Å². The van der Waals surface area contributed by atoms with Gasteiger partial charge in [-0.1, -0.05) is 29.8 Å². The number of nitrogens with zero attached hydrogens (tertiary/aromatic N) is 1. The summed E-state index contributed by atoms with van der Waals surface area (Å²) in [6, 6.07) is 11.3. The van der Waals surface area contributed by atoms with Crippen molar-refractivity contribution in [2.75, 3.05) is 0 Å². The van der Waals surface area contributed by atoms with Gasteiger partial charge in [-0.25, -0.2) is 0 Å². The quantitative estimate of drug-likeness (QED) is 0.826. The van der Waals surface area contributed by atoms with Gasteiger partial charge in [0.1, 0.15) is 6.04 Å². The first-order chi connectivity index (χ1) is 11.0. The molecule has 5 nitrogen and oxygen atoms in total. The highest BCUT2D eigenvalue weighted by molar-refractivity contribution is 6.30. The highest BCUT2D eigenvalue weighted by Gasteiger charge is 2.18. The molecule has 23 heavy (non-hydrogen) atoms. The minimum atomic E-state index is -0.924. The summed E-state index contributed by atoms with van der Waals surface area (Å²) < 4.78 is 0. The van der Waals surface area contributed by atoms with Crippen molar-refractivity contribution in [2.24, 2.45) is 0 Å². The Labute approximate surface area is 139 Å². The Morgan fingerprint density at radius 2 is 1.96 bits per heavy atom. The van der Waals surface area contributed by atoms with Crippen molar-refractivity contribution >= 4 is 29.5 Å². The summed E-state index contributed by atoms with van der Waals surface area (Å²) in [6.07, 6.45) is 4.71. The van der Waals surface area contributed by atoms with Gasteiger partial charge in [0, 0.05) is 29.4 Å². The fraction of sp³-hybridized carbons (Fsp3) is 0.118. The minimum absolute atomic E-state index is 0.184. The van der Waals surface area contributed by atoms with Crippen molar-refractivity contribution in [3.63, 3.8) is 0 Å². The second-order valence-corrected chi connectivity index (χ2v) is 5.27. The van der Waals surface area contributed by atoms with Crippen LogP contribution < -0.4 is 11.1 Å². The Balaban J connectivity index is 1.98. The first-order valence-electron chi connectivity index (χ1n) is 6.94. The summed E-state index contributed by atoms with van der Waals surface area (Å²) in [4.78, 5) is 27.4. The average Bonchev–Trinajstić information content (AvgIpc) is 2.54. The van der Waals surface area contributed by atoms with E-state index in [0.717, 1.165) is 5.56 Å². The molecular formula is C17H15ClN3O2.